The second-order valence-electron chi connectivity index (χ2n) is 6.35. The molecular formula is C15H31N3. The highest BCUT2D eigenvalue weighted by molar-refractivity contribution is 4.80. The summed E-state index contributed by atoms with van der Waals surface area (Å²) in [5.74, 6) is 0. The molecule has 0 spiro atoms. The van der Waals surface area contributed by atoms with E-state index >= 15 is 0 Å². The van der Waals surface area contributed by atoms with Crippen LogP contribution < -0.4 is 5.32 Å². The highest BCUT2D eigenvalue weighted by atomic mass is 15.2. The van der Waals surface area contributed by atoms with E-state index < -0.39 is 0 Å². The van der Waals surface area contributed by atoms with Gasteiger partial charge in [-0.3, -0.25) is 0 Å². The van der Waals surface area contributed by atoms with Gasteiger partial charge in [0.25, 0.3) is 0 Å². The summed E-state index contributed by atoms with van der Waals surface area (Å²) in [6.07, 6.45) is 9.82. The third-order valence-electron chi connectivity index (χ3n) is 4.67. The number of nitrogens with zero attached hydrogens (tertiary/aromatic N) is 2. The third-order valence-corrected chi connectivity index (χ3v) is 4.67. The first-order valence-electron chi connectivity index (χ1n) is 7.88. The number of rotatable bonds is 6. The molecule has 1 aliphatic heterocycles. The molecule has 0 amide bonds. The van der Waals surface area contributed by atoms with Crippen LogP contribution in [-0.2, 0) is 0 Å². The molecule has 3 nitrogen and oxygen atoms in total. The van der Waals surface area contributed by atoms with Crippen LogP contribution in [-0.4, -0.2) is 62.2 Å². The van der Waals surface area contributed by atoms with Crippen molar-refractivity contribution >= 4 is 0 Å². The van der Waals surface area contributed by atoms with Crippen molar-refractivity contribution in [3.8, 4) is 0 Å². The summed E-state index contributed by atoms with van der Waals surface area (Å²) in [7, 11) is 4.41. The van der Waals surface area contributed by atoms with Crippen molar-refractivity contribution < 1.29 is 0 Å². The first-order valence-corrected chi connectivity index (χ1v) is 7.88. The van der Waals surface area contributed by atoms with Gasteiger partial charge in [-0.05, 0) is 59.4 Å². The SMILES string of the molecule is CN(C)C1CCN(CCCNC2CCCCC2)C1. The summed E-state index contributed by atoms with van der Waals surface area (Å²) in [4.78, 5) is 5.01. The molecule has 1 atom stereocenters. The summed E-state index contributed by atoms with van der Waals surface area (Å²) in [5, 5.41) is 3.74. The standard InChI is InChI=1S/C15H31N3/c1-17(2)15-9-12-18(13-15)11-6-10-16-14-7-4-3-5-8-14/h14-16H,3-13H2,1-2H3. The fraction of sp³-hybridized carbons (Fsp3) is 1.00. The fourth-order valence-electron chi connectivity index (χ4n) is 3.35. The Hall–Kier alpha value is -0.120. The van der Waals surface area contributed by atoms with Crippen molar-refractivity contribution in [2.75, 3.05) is 40.3 Å². The van der Waals surface area contributed by atoms with Crippen LogP contribution >= 0.6 is 0 Å². The average Bonchev–Trinajstić information content (AvgIpc) is 2.85. The second kappa shape index (κ2) is 7.46. The van der Waals surface area contributed by atoms with Crippen LogP contribution in [0.25, 0.3) is 0 Å². The molecule has 0 radical (unpaired) electrons. The summed E-state index contributed by atoms with van der Waals surface area (Å²) in [5.41, 5.74) is 0. The maximum atomic E-state index is 3.74. The molecule has 106 valence electrons. The normalized spacial score (nSPS) is 27.2. The van der Waals surface area contributed by atoms with E-state index in [1.807, 2.05) is 0 Å². The molecule has 2 aliphatic rings. The highest BCUT2D eigenvalue weighted by Gasteiger charge is 2.23. The van der Waals surface area contributed by atoms with Gasteiger partial charge in [0, 0.05) is 18.6 Å². The maximum absolute atomic E-state index is 3.74. The second-order valence-corrected chi connectivity index (χ2v) is 6.35. The van der Waals surface area contributed by atoms with Gasteiger partial charge in [0.15, 0.2) is 0 Å². The van der Waals surface area contributed by atoms with Crippen LogP contribution in [0.3, 0.4) is 0 Å². The van der Waals surface area contributed by atoms with E-state index in [4.69, 9.17) is 0 Å². The van der Waals surface area contributed by atoms with Gasteiger partial charge in [-0.1, -0.05) is 19.3 Å². The van der Waals surface area contributed by atoms with Crippen LogP contribution in [0.5, 0.6) is 0 Å². The van der Waals surface area contributed by atoms with Crippen LogP contribution in [0.1, 0.15) is 44.9 Å². The first kappa shape index (κ1) is 14.3. The van der Waals surface area contributed by atoms with Crippen LogP contribution in [0.4, 0.5) is 0 Å². The Morgan fingerprint density at radius 2 is 1.89 bits per heavy atom. The molecule has 1 aliphatic carbocycles. The molecule has 1 unspecified atom stereocenters. The van der Waals surface area contributed by atoms with Gasteiger partial charge in [0.2, 0.25) is 0 Å². The van der Waals surface area contributed by atoms with Crippen LogP contribution in [0.2, 0.25) is 0 Å². The molecule has 0 bridgehead atoms. The molecule has 18 heavy (non-hydrogen) atoms. The predicted octanol–water partition coefficient (Wildman–Crippen LogP) is 1.93. The maximum Gasteiger partial charge on any atom is 0.0229 e. The average molecular weight is 253 g/mol. The molecule has 2 rings (SSSR count). The number of likely N-dealkylation sites (N-methyl/N-ethyl adjacent to an activating group) is 1. The van der Waals surface area contributed by atoms with Crippen molar-refractivity contribution in [2.24, 2.45) is 0 Å². The zero-order valence-electron chi connectivity index (χ0n) is 12.3. The molecule has 0 aromatic carbocycles. The minimum atomic E-state index is 0.788. The summed E-state index contributed by atoms with van der Waals surface area (Å²) in [6, 6.07) is 1.61. The zero-order valence-corrected chi connectivity index (χ0v) is 12.3. The summed E-state index contributed by atoms with van der Waals surface area (Å²) >= 11 is 0. The van der Waals surface area contributed by atoms with Crippen molar-refractivity contribution in [3.05, 3.63) is 0 Å². The Balaban J connectivity index is 1.51. The molecule has 0 aromatic heterocycles. The largest absolute Gasteiger partial charge is 0.314 e. The molecule has 3 heteroatoms. The molecule has 1 N–H and O–H groups in total. The minimum Gasteiger partial charge on any atom is -0.314 e. The smallest absolute Gasteiger partial charge is 0.0229 e. The molecule has 0 aromatic rings. The monoisotopic (exact) mass is 253 g/mol. The Labute approximate surface area is 113 Å². The van der Waals surface area contributed by atoms with E-state index in [0.717, 1.165) is 12.1 Å². The van der Waals surface area contributed by atoms with Gasteiger partial charge in [-0.25, -0.2) is 0 Å². The Bertz CT molecular complexity index is 224. The lowest BCUT2D eigenvalue weighted by Gasteiger charge is -2.24. The van der Waals surface area contributed by atoms with Crippen molar-refractivity contribution in [1.29, 1.82) is 0 Å². The van der Waals surface area contributed by atoms with E-state index in [0.29, 0.717) is 0 Å². The number of nitrogens with one attached hydrogen (secondary N) is 1. The lowest BCUT2D eigenvalue weighted by Crippen LogP contribution is -2.35. The Morgan fingerprint density at radius 1 is 1.11 bits per heavy atom. The fourth-order valence-corrected chi connectivity index (χ4v) is 3.35. The minimum absolute atomic E-state index is 0.788. The number of likely N-dealkylation sites (tertiary alicyclic amines) is 1. The van der Waals surface area contributed by atoms with Gasteiger partial charge < -0.3 is 15.1 Å². The lowest BCUT2D eigenvalue weighted by molar-refractivity contribution is 0.264. The van der Waals surface area contributed by atoms with Crippen LogP contribution in [0, 0.1) is 0 Å². The van der Waals surface area contributed by atoms with E-state index in [1.165, 1.54) is 71.1 Å². The third kappa shape index (κ3) is 4.52. The topological polar surface area (TPSA) is 18.5 Å². The summed E-state index contributed by atoms with van der Waals surface area (Å²) in [6.45, 7) is 5.07. The lowest BCUT2D eigenvalue weighted by atomic mass is 9.95. The van der Waals surface area contributed by atoms with Crippen molar-refractivity contribution in [3.63, 3.8) is 0 Å². The van der Waals surface area contributed by atoms with Crippen molar-refractivity contribution in [1.82, 2.24) is 15.1 Å². The summed E-state index contributed by atoms with van der Waals surface area (Å²) < 4.78 is 0. The Kier molecular flexibility index (Phi) is 5.93. The van der Waals surface area contributed by atoms with E-state index in [-0.39, 0.29) is 0 Å². The van der Waals surface area contributed by atoms with Gasteiger partial charge in [0.1, 0.15) is 0 Å². The quantitative estimate of drug-likeness (QED) is 0.730. The number of hydrogen-bond acceptors (Lipinski definition) is 3. The van der Waals surface area contributed by atoms with Gasteiger partial charge in [-0.2, -0.15) is 0 Å². The van der Waals surface area contributed by atoms with Gasteiger partial charge in [-0.15, -0.1) is 0 Å². The molecule has 1 saturated heterocycles. The van der Waals surface area contributed by atoms with Crippen LogP contribution in [0.15, 0.2) is 0 Å². The molecular weight excluding hydrogens is 222 g/mol. The van der Waals surface area contributed by atoms with E-state index in [1.54, 1.807) is 0 Å². The first-order chi connectivity index (χ1) is 8.75. The van der Waals surface area contributed by atoms with Gasteiger partial charge >= 0.3 is 0 Å². The Morgan fingerprint density at radius 3 is 2.56 bits per heavy atom. The molecule has 1 heterocycles. The number of hydrogen-bond donors (Lipinski definition) is 1. The van der Waals surface area contributed by atoms with Gasteiger partial charge in [0.05, 0.1) is 0 Å². The highest BCUT2D eigenvalue weighted by Crippen LogP contribution is 2.17. The molecule has 1 saturated carbocycles. The zero-order chi connectivity index (χ0) is 12.8. The predicted molar refractivity (Wildman–Crippen MR) is 78.0 cm³/mol. The van der Waals surface area contributed by atoms with E-state index in [2.05, 4.69) is 29.2 Å². The van der Waals surface area contributed by atoms with Crippen molar-refractivity contribution in [2.45, 2.75) is 57.0 Å². The molecule has 2 fully saturated rings. The van der Waals surface area contributed by atoms with E-state index in [9.17, 15) is 0 Å².